The van der Waals surface area contributed by atoms with Crippen LogP contribution < -0.4 is 5.32 Å². The average Bonchev–Trinajstić information content (AvgIpc) is 2.94. The summed E-state index contributed by atoms with van der Waals surface area (Å²) >= 11 is 0. The predicted molar refractivity (Wildman–Crippen MR) is 65.1 cm³/mol. The molecule has 2 aliphatic carbocycles. The Morgan fingerprint density at radius 1 is 1.50 bits per heavy atom. The number of aliphatic carboxylic acids is 1. The number of carboxylic acids is 1. The van der Waals surface area contributed by atoms with Crippen molar-refractivity contribution in [1.82, 2.24) is 5.32 Å². The molecule has 100 valence electrons. The van der Waals surface area contributed by atoms with Gasteiger partial charge in [-0.25, -0.2) is 9.59 Å². The van der Waals surface area contributed by atoms with Crippen LogP contribution in [0.25, 0.3) is 0 Å². The Morgan fingerprint density at radius 3 is 2.61 bits per heavy atom. The monoisotopic (exact) mass is 253 g/mol. The SMILES string of the molecule is C=CCOC(=O)NC(C(=O)O)C12CCC(CC1)C2. The summed E-state index contributed by atoms with van der Waals surface area (Å²) in [6.45, 7) is 3.53. The van der Waals surface area contributed by atoms with E-state index < -0.39 is 18.1 Å². The van der Waals surface area contributed by atoms with Gasteiger partial charge in [-0.15, -0.1) is 0 Å². The van der Waals surface area contributed by atoms with Crippen molar-refractivity contribution >= 4 is 12.1 Å². The highest BCUT2D eigenvalue weighted by molar-refractivity contribution is 5.81. The highest BCUT2D eigenvalue weighted by atomic mass is 16.5. The first-order chi connectivity index (χ1) is 8.57. The van der Waals surface area contributed by atoms with Crippen LogP contribution in [-0.2, 0) is 9.53 Å². The lowest BCUT2D eigenvalue weighted by Gasteiger charge is -2.33. The van der Waals surface area contributed by atoms with E-state index in [9.17, 15) is 14.7 Å². The lowest BCUT2D eigenvalue weighted by atomic mass is 9.77. The molecule has 0 aromatic heterocycles. The maximum atomic E-state index is 11.5. The zero-order valence-electron chi connectivity index (χ0n) is 10.4. The zero-order chi connectivity index (χ0) is 13.2. The molecule has 2 N–H and O–H groups in total. The van der Waals surface area contributed by atoms with Crippen LogP contribution in [-0.4, -0.2) is 29.8 Å². The third kappa shape index (κ3) is 2.35. The fraction of sp³-hybridized carbons (Fsp3) is 0.692. The first-order valence-electron chi connectivity index (χ1n) is 6.34. The van der Waals surface area contributed by atoms with Gasteiger partial charge >= 0.3 is 12.1 Å². The fourth-order valence-corrected chi connectivity index (χ4v) is 3.41. The van der Waals surface area contributed by atoms with Gasteiger partial charge in [0.05, 0.1) is 0 Å². The largest absolute Gasteiger partial charge is 0.480 e. The zero-order valence-corrected chi connectivity index (χ0v) is 10.4. The summed E-state index contributed by atoms with van der Waals surface area (Å²) in [5.74, 6) is -0.328. The Bertz CT molecular complexity index is 358. The van der Waals surface area contributed by atoms with Gasteiger partial charge in [-0.3, -0.25) is 0 Å². The molecule has 0 radical (unpaired) electrons. The first-order valence-corrected chi connectivity index (χ1v) is 6.34. The highest BCUT2D eigenvalue weighted by Gasteiger charge is 2.53. The molecule has 18 heavy (non-hydrogen) atoms. The summed E-state index contributed by atoms with van der Waals surface area (Å²) < 4.78 is 4.80. The van der Waals surface area contributed by atoms with Gasteiger partial charge in [0.25, 0.3) is 0 Å². The van der Waals surface area contributed by atoms with Crippen molar-refractivity contribution in [2.45, 2.75) is 38.1 Å². The minimum atomic E-state index is -0.965. The number of ether oxygens (including phenoxy) is 1. The van der Waals surface area contributed by atoms with E-state index in [0.717, 1.165) is 32.1 Å². The molecule has 2 bridgehead atoms. The van der Waals surface area contributed by atoms with E-state index in [0.29, 0.717) is 5.92 Å². The minimum Gasteiger partial charge on any atom is -0.480 e. The first kappa shape index (κ1) is 12.9. The molecule has 0 aromatic rings. The molecule has 0 heterocycles. The number of fused-ring (bicyclic) bond motifs is 2. The summed E-state index contributed by atoms with van der Waals surface area (Å²) in [6, 6.07) is -0.831. The number of amides is 1. The Kier molecular flexibility index (Phi) is 3.59. The Hall–Kier alpha value is -1.52. The Labute approximate surface area is 106 Å². The highest BCUT2D eigenvalue weighted by Crippen LogP contribution is 2.56. The summed E-state index contributed by atoms with van der Waals surface area (Å²) in [7, 11) is 0. The van der Waals surface area contributed by atoms with E-state index in [4.69, 9.17) is 4.74 Å². The van der Waals surface area contributed by atoms with Crippen LogP contribution in [0.2, 0.25) is 0 Å². The summed E-state index contributed by atoms with van der Waals surface area (Å²) in [6.07, 6.45) is 5.61. The lowest BCUT2D eigenvalue weighted by Crippen LogP contribution is -2.51. The third-order valence-electron chi connectivity index (χ3n) is 4.25. The molecule has 5 nitrogen and oxygen atoms in total. The molecule has 2 fully saturated rings. The molecule has 0 spiro atoms. The van der Waals surface area contributed by atoms with E-state index in [-0.39, 0.29) is 12.0 Å². The van der Waals surface area contributed by atoms with Gasteiger partial charge in [-0.05, 0) is 38.0 Å². The van der Waals surface area contributed by atoms with Crippen molar-refractivity contribution in [3.63, 3.8) is 0 Å². The van der Waals surface area contributed by atoms with Gasteiger partial charge in [0.1, 0.15) is 12.6 Å². The van der Waals surface area contributed by atoms with Crippen LogP contribution in [0.5, 0.6) is 0 Å². The van der Waals surface area contributed by atoms with Crippen LogP contribution in [0.4, 0.5) is 4.79 Å². The van der Waals surface area contributed by atoms with Crippen molar-refractivity contribution in [1.29, 1.82) is 0 Å². The van der Waals surface area contributed by atoms with E-state index in [1.54, 1.807) is 0 Å². The second-order valence-electron chi connectivity index (χ2n) is 5.31. The second-order valence-corrected chi connectivity index (χ2v) is 5.31. The van der Waals surface area contributed by atoms with E-state index in [1.165, 1.54) is 6.08 Å². The van der Waals surface area contributed by atoms with Gasteiger partial charge < -0.3 is 15.2 Å². The van der Waals surface area contributed by atoms with Crippen molar-refractivity contribution in [3.05, 3.63) is 12.7 Å². The Balaban J connectivity index is 2.02. The minimum absolute atomic E-state index is 0.0911. The molecule has 2 saturated carbocycles. The van der Waals surface area contributed by atoms with Crippen LogP contribution in [0.15, 0.2) is 12.7 Å². The van der Waals surface area contributed by atoms with Gasteiger partial charge in [-0.1, -0.05) is 12.7 Å². The topological polar surface area (TPSA) is 75.6 Å². The number of carbonyl (C=O) groups excluding carboxylic acids is 1. The van der Waals surface area contributed by atoms with E-state index in [1.807, 2.05) is 0 Å². The number of carbonyl (C=O) groups is 2. The molecule has 1 unspecified atom stereocenters. The van der Waals surface area contributed by atoms with E-state index in [2.05, 4.69) is 11.9 Å². The Morgan fingerprint density at radius 2 is 2.17 bits per heavy atom. The quantitative estimate of drug-likeness (QED) is 0.734. The second kappa shape index (κ2) is 5.00. The van der Waals surface area contributed by atoms with Gasteiger partial charge in [0.15, 0.2) is 0 Å². The van der Waals surface area contributed by atoms with Gasteiger partial charge in [0, 0.05) is 5.41 Å². The maximum Gasteiger partial charge on any atom is 0.408 e. The molecular formula is C13H19NO4. The fourth-order valence-electron chi connectivity index (χ4n) is 3.41. The number of alkyl carbamates (subject to hydrolysis) is 1. The molecule has 1 atom stereocenters. The normalized spacial score (nSPS) is 30.8. The van der Waals surface area contributed by atoms with Crippen LogP contribution in [0, 0.1) is 11.3 Å². The number of rotatable bonds is 5. The molecule has 0 aliphatic heterocycles. The van der Waals surface area contributed by atoms with Crippen molar-refractivity contribution < 1.29 is 19.4 Å². The molecule has 0 saturated heterocycles. The smallest absolute Gasteiger partial charge is 0.408 e. The number of carboxylic acid groups (broad SMARTS) is 1. The third-order valence-corrected chi connectivity index (χ3v) is 4.25. The van der Waals surface area contributed by atoms with E-state index >= 15 is 0 Å². The maximum absolute atomic E-state index is 11.5. The van der Waals surface area contributed by atoms with Gasteiger partial charge in [0.2, 0.25) is 0 Å². The molecule has 5 heteroatoms. The molecule has 2 aliphatic rings. The molecular weight excluding hydrogens is 234 g/mol. The molecule has 1 amide bonds. The summed E-state index contributed by atoms with van der Waals surface area (Å²) in [4.78, 5) is 22.9. The predicted octanol–water partition coefficient (Wildman–Crippen LogP) is 1.93. The van der Waals surface area contributed by atoms with Crippen LogP contribution in [0.3, 0.4) is 0 Å². The molecule has 2 rings (SSSR count). The van der Waals surface area contributed by atoms with Gasteiger partial charge in [-0.2, -0.15) is 0 Å². The number of hydrogen-bond donors (Lipinski definition) is 2. The summed E-state index contributed by atoms with van der Waals surface area (Å²) in [5, 5.41) is 11.8. The average molecular weight is 253 g/mol. The standard InChI is InChI=1S/C13H19NO4/c1-2-7-18-12(17)14-10(11(15)16)13-5-3-9(8-13)4-6-13/h2,9-10H,1,3-8H2,(H,14,17)(H,15,16). The lowest BCUT2D eigenvalue weighted by molar-refractivity contribution is -0.143. The van der Waals surface area contributed by atoms with Crippen molar-refractivity contribution in [3.8, 4) is 0 Å². The van der Waals surface area contributed by atoms with Crippen molar-refractivity contribution in [2.24, 2.45) is 11.3 Å². The summed E-state index contributed by atoms with van der Waals surface area (Å²) in [5.41, 5.74) is -0.260. The molecule has 0 aromatic carbocycles. The number of nitrogens with one attached hydrogen (secondary N) is 1. The van der Waals surface area contributed by atoms with Crippen LogP contribution >= 0.6 is 0 Å². The van der Waals surface area contributed by atoms with Crippen molar-refractivity contribution in [2.75, 3.05) is 6.61 Å². The number of hydrogen-bond acceptors (Lipinski definition) is 3. The van der Waals surface area contributed by atoms with Crippen LogP contribution in [0.1, 0.15) is 32.1 Å².